The van der Waals surface area contributed by atoms with E-state index in [2.05, 4.69) is 30.2 Å². The quantitative estimate of drug-likeness (QED) is 0.191. The maximum Gasteiger partial charge on any atom is 0.263 e. The van der Waals surface area contributed by atoms with E-state index in [1.54, 1.807) is 38.2 Å². The molecule has 0 saturated carbocycles. The number of halogens is 1. The average molecular weight is 606 g/mol. The van der Waals surface area contributed by atoms with Gasteiger partial charge in [0.05, 0.1) is 30.5 Å². The standard InChI is InChI=1S/C35H44ClN3O4/c1-8-24(2)41-19-18-34(4,5)42-30-16-17-32(38-23-30)43-35(6,7)33(40)39-25(3)31(21-26-12-14-29(36)15-13-26)28-11-9-10-27(20-28)22-37/h9-17,20,23-25,31H,8,18-19,21H2,1-7H3,(H,39,40). The molecule has 3 unspecified atom stereocenters. The van der Waals surface area contributed by atoms with Gasteiger partial charge in [-0.05, 0) is 95.8 Å². The molecule has 1 aromatic heterocycles. The summed E-state index contributed by atoms with van der Waals surface area (Å²) in [6.07, 6.45) is 4.19. The molecule has 1 heterocycles. The first-order chi connectivity index (χ1) is 20.3. The molecule has 0 spiro atoms. The van der Waals surface area contributed by atoms with Gasteiger partial charge in [0.2, 0.25) is 5.88 Å². The summed E-state index contributed by atoms with van der Waals surface area (Å²) in [5, 5.41) is 13.3. The Kier molecular flexibility index (Phi) is 12.0. The largest absolute Gasteiger partial charge is 0.486 e. The van der Waals surface area contributed by atoms with Crippen molar-refractivity contribution in [1.82, 2.24) is 10.3 Å². The number of benzene rings is 2. The molecule has 3 rings (SSSR count). The smallest absolute Gasteiger partial charge is 0.263 e. The van der Waals surface area contributed by atoms with E-state index >= 15 is 0 Å². The molecule has 1 N–H and O–H groups in total. The summed E-state index contributed by atoms with van der Waals surface area (Å²) < 4.78 is 18.0. The fourth-order valence-electron chi connectivity index (χ4n) is 4.57. The van der Waals surface area contributed by atoms with E-state index in [0.717, 1.165) is 24.0 Å². The molecule has 8 heteroatoms. The van der Waals surface area contributed by atoms with Gasteiger partial charge >= 0.3 is 0 Å². The molecule has 0 fully saturated rings. The van der Waals surface area contributed by atoms with Crippen molar-refractivity contribution in [2.24, 2.45) is 0 Å². The molecule has 3 atom stereocenters. The zero-order valence-electron chi connectivity index (χ0n) is 26.3. The second-order valence-corrected chi connectivity index (χ2v) is 12.5. The number of carbonyl (C=O) groups is 1. The van der Waals surface area contributed by atoms with E-state index in [1.807, 2.05) is 63.2 Å². The number of pyridine rings is 1. The van der Waals surface area contributed by atoms with Crippen molar-refractivity contribution in [3.63, 3.8) is 0 Å². The highest BCUT2D eigenvalue weighted by Gasteiger charge is 2.33. The molecule has 0 aliphatic rings. The summed E-state index contributed by atoms with van der Waals surface area (Å²) in [6, 6.07) is 20.6. The molecule has 2 aromatic carbocycles. The van der Waals surface area contributed by atoms with Gasteiger partial charge in [-0.3, -0.25) is 4.79 Å². The summed E-state index contributed by atoms with van der Waals surface area (Å²) in [5.41, 5.74) is 0.984. The Bertz CT molecular complexity index is 1370. The predicted molar refractivity (Wildman–Crippen MR) is 171 cm³/mol. The summed E-state index contributed by atoms with van der Waals surface area (Å²) in [5.74, 6) is 0.559. The zero-order valence-corrected chi connectivity index (χ0v) is 27.1. The minimum Gasteiger partial charge on any atom is -0.486 e. The molecular formula is C35H44ClN3O4. The van der Waals surface area contributed by atoms with Gasteiger partial charge in [0.1, 0.15) is 11.4 Å². The van der Waals surface area contributed by atoms with Crippen LogP contribution in [-0.2, 0) is 16.0 Å². The third kappa shape index (κ3) is 10.6. The molecule has 43 heavy (non-hydrogen) atoms. The van der Waals surface area contributed by atoms with Gasteiger partial charge in [-0.1, -0.05) is 42.8 Å². The number of hydrogen-bond acceptors (Lipinski definition) is 6. The van der Waals surface area contributed by atoms with Crippen LogP contribution in [0.2, 0.25) is 5.02 Å². The van der Waals surface area contributed by atoms with E-state index in [9.17, 15) is 10.1 Å². The second kappa shape index (κ2) is 15.2. The maximum absolute atomic E-state index is 13.5. The van der Waals surface area contributed by atoms with E-state index in [1.165, 1.54) is 0 Å². The molecule has 0 radical (unpaired) electrons. The molecular weight excluding hydrogens is 562 g/mol. The highest BCUT2D eigenvalue weighted by atomic mass is 35.5. The number of nitriles is 1. The van der Waals surface area contributed by atoms with Gasteiger partial charge in [-0.25, -0.2) is 4.98 Å². The van der Waals surface area contributed by atoms with Gasteiger partial charge in [-0.2, -0.15) is 5.26 Å². The Balaban J connectivity index is 1.66. The van der Waals surface area contributed by atoms with Gasteiger partial charge in [0, 0.05) is 29.5 Å². The van der Waals surface area contributed by atoms with Crippen LogP contribution in [0.25, 0.3) is 0 Å². The number of aromatic nitrogens is 1. The summed E-state index contributed by atoms with van der Waals surface area (Å²) in [6.45, 7) is 14.2. The number of amides is 1. The van der Waals surface area contributed by atoms with Crippen molar-refractivity contribution in [2.75, 3.05) is 6.61 Å². The Morgan fingerprint density at radius 1 is 1.05 bits per heavy atom. The van der Waals surface area contributed by atoms with Crippen LogP contribution in [0, 0.1) is 11.3 Å². The lowest BCUT2D eigenvalue weighted by molar-refractivity contribution is -0.135. The zero-order chi connectivity index (χ0) is 31.6. The minimum absolute atomic E-state index is 0.0947. The van der Waals surface area contributed by atoms with Crippen molar-refractivity contribution < 1.29 is 19.0 Å². The van der Waals surface area contributed by atoms with E-state index < -0.39 is 11.2 Å². The van der Waals surface area contributed by atoms with Gasteiger partial charge in [0.25, 0.3) is 5.91 Å². The highest BCUT2D eigenvalue weighted by molar-refractivity contribution is 6.30. The van der Waals surface area contributed by atoms with Crippen LogP contribution in [-0.4, -0.2) is 40.8 Å². The third-order valence-corrected chi connectivity index (χ3v) is 7.72. The maximum atomic E-state index is 13.5. The number of ether oxygens (including phenoxy) is 3. The van der Waals surface area contributed by atoms with Crippen molar-refractivity contribution in [3.8, 4) is 17.7 Å². The van der Waals surface area contributed by atoms with Gasteiger partial charge in [0.15, 0.2) is 5.60 Å². The van der Waals surface area contributed by atoms with Crippen LogP contribution in [0.1, 0.15) is 83.9 Å². The number of nitrogens with zero attached hydrogens (tertiary/aromatic N) is 2. The normalized spacial score (nSPS) is 13.8. The van der Waals surface area contributed by atoms with Crippen molar-refractivity contribution >= 4 is 17.5 Å². The van der Waals surface area contributed by atoms with Crippen molar-refractivity contribution in [3.05, 3.63) is 88.6 Å². The lowest BCUT2D eigenvalue weighted by atomic mass is 9.85. The molecule has 0 aliphatic carbocycles. The number of carbonyl (C=O) groups excluding carboxylic acids is 1. The van der Waals surface area contributed by atoms with Crippen LogP contribution in [0.15, 0.2) is 66.9 Å². The lowest BCUT2D eigenvalue weighted by Crippen LogP contribution is -2.51. The highest BCUT2D eigenvalue weighted by Crippen LogP contribution is 2.28. The number of hydrogen-bond donors (Lipinski definition) is 1. The van der Waals surface area contributed by atoms with Crippen LogP contribution >= 0.6 is 11.6 Å². The first-order valence-corrected chi connectivity index (χ1v) is 15.2. The minimum atomic E-state index is -1.20. The number of nitrogens with one attached hydrogen (secondary N) is 1. The molecule has 0 aliphatic heterocycles. The molecule has 1 amide bonds. The molecule has 7 nitrogen and oxygen atoms in total. The fourth-order valence-corrected chi connectivity index (χ4v) is 4.69. The monoisotopic (exact) mass is 605 g/mol. The van der Waals surface area contributed by atoms with Gasteiger partial charge in [-0.15, -0.1) is 0 Å². The van der Waals surface area contributed by atoms with Gasteiger partial charge < -0.3 is 19.5 Å². The Morgan fingerprint density at radius 2 is 1.77 bits per heavy atom. The third-order valence-electron chi connectivity index (χ3n) is 7.47. The van der Waals surface area contributed by atoms with Crippen LogP contribution in [0.4, 0.5) is 0 Å². The first-order valence-electron chi connectivity index (χ1n) is 14.8. The topological polar surface area (TPSA) is 93.5 Å². The Hall–Kier alpha value is -3.60. The lowest BCUT2D eigenvalue weighted by Gasteiger charge is -2.31. The summed E-state index contributed by atoms with van der Waals surface area (Å²) >= 11 is 6.10. The van der Waals surface area contributed by atoms with E-state index in [0.29, 0.717) is 35.2 Å². The molecule has 3 aromatic rings. The Morgan fingerprint density at radius 3 is 2.40 bits per heavy atom. The average Bonchev–Trinajstić information content (AvgIpc) is 2.97. The number of rotatable bonds is 15. The first kappa shape index (κ1) is 33.9. The molecule has 0 saturated heterocycles. The molecule has 0 bridgehead atoms. The van der Waals surface area contributed by atoms with E-state index in [4.69, 9.17) is 25.8 Å². The van der Waals surface area contributed by atoms with Crippen LogP contribution < -0.4 is 14.8 Å². The summed E-state index contributed by atoms with van der Waals surface area (Å²) in [7, 11) is 0. The summed E-state index contributed by atoms with van der Waals surface area (Å²) in [4.78, 5) is 17.9. The second-order valence-electron chi connectivity index (χ2n) is 12.1. The van der Waals surface area contributed by atoms with Crippen LogP contribution in [0.3, 0.4) is 0 Å². The SMILES string of the molecule is CCC(C)OCCC(C)(C)Oc1ccc(OC(C)(C)C(=O)NC(C)C(Cc2ccc(Cl)cc2)c2cccc(C#N)c2)nc1. The van der Waals surface area contributed by atoms with Crippen LogP contribution in [0.5, 0.6) is 11.6 Å². The molecule has 230 valence electrons. The van der Waals surface area contributed by atoms with Crippen molar-refractivity contribution in [2.45, 2.75) is 97.0 Å². The Labute approximate surface area is 261 Å². The predicted octanol–water partition coefficient (Wildman–Crippen LogP) is 7.66. The van der Waals surface area contributed by atoms with E-state index in [-0.39, 0.29) is 24.0 Å². The fraction of sp³-hybridized carbons (Fsp3) is 0.457. The van der Waals surface area contributed by atoms with Crippen molar-refractivity contribution in [1.29, 1.82) is 5.26 Å².